The number of halogens is 2. The van der Waals surface area contributed by atoms with E-state index in [4.69, 9.17) is 17.3 Å². The van der Waals surface area contributed by atoms with Gasteiger partial charge in [0.1, 0.15) is 0 Å². The molecule has 0 aliphatic rings. The second kappa shape index (κ2) is 5.09. The minimum atomic E-state index is -0.687. The van der Waals surface area contributed by atoms with Crippen LogP contribution in [-0.4, -0.2) is 30.9 Å². The van der Waals surface area contributed by atoms with Gasteiger partial charge in [0, 0.05) is 20.1 Å². The van der Waals surface area contributed by atoms with E-state index in [2.05, 4.69) is 0 Å². The fourth-order valence-corrected chi connectivity index (χ4v) is 1.34. The Morgan fingerprint density at radius 1 is 1.60 bits per heavy atom. The maximum Gasteiger partial charge on any atom is 0.256 e. The van der Waals surface area contributed by atoms with Crippen molar-refractivity contribution in [2.45, 2.75) is 0 Å². The van der Waals surface area contributed by atoms with Crippen LogP contribution in [0.25, 0.3) is 0 Å². The Morgan fingerprint density at radius 3 is 2.87 bits per heavy atom. The third-order valence-electron chi connectivity index (χ3n) is 1.99. The molecule has 0 bridgehead atoms. The van der Waals surface area contributed by atoms with Crippen molar-refractivity contribution < 1.29 is 9.18 Å². The Bertz CT molecular complexity index is 370. The molecule has 0 atom stereocenters. The Balaban J connectivity index is 2.96. The predicted molar refractivity (Wildman–Crippen MR) is 57.4 cm³/mol. The van der Waals surface area contributed by atoms with Crippen molar-refractivity contribution >= 4 is 17.5 Å². The fraction of sp³-hybridized carbons (Fsp3) is 0.300. The van der Waals surface area contributed by atoms with Crippen LogP contribution in [0.15, 0.2) is 18.2 Å². The van der Waals surface area contributed by atoms with Gasteiger partial charge in [0.15, 0.2) is 5.82 Å². The molecule has 1 amide bonds. The van der Waals surface area contributed by atoms with Crippen LogP contribution in [0.1, 0.15) is 10.4 Å². The summed E-state index contributed by atoms with van der Waals surface area (Å²) in [6, 6.07) is 4.34. The first-order valence-corrected chi connectivity index (χ1v) is 4.85. The van der Waals surface area contributed by atoms with Gasteiger partial charge in [-0.25, -0.2) is 4.39 Å². The van der Waals surface area contributed by atoms with Gasteiger partial charge >= 0.3 is 0 Å². The largest absolute Gasteiger partial charge is 0.340 e. The summed E-state index contributed by atoms with van der Waals surface area (Å²) >= 11 is 5.57. The van der Waals surface area contributed by atoms with Crippen molar-refractivity contribution in [2.75, 3.05) is 20.1 Å². The second-order valence-electron chi connectivity index (χ2n) is 3.12. The number of amides is 1. The van der Waals surface area contributed by atoms with E-state index in [1.807, 2.05) is 0 Å². The molecule has 5 heteroatoms. The standard InChI is InChI=1S/C10H12ClFN2O/c1-14(6-5-13)10(15)7-3-2-4-8(11)9(7)12/h2-4H,5-6,13H2,1H3. The summed E-state index contributed by atoms with van der Waals surface area (Å²) in [5, 5.41) is -0.0537. The highest BCUT2D eigenvalue weighted by Gasteiger charge is 2.16. The molecule has 1 rings (SSSR count). The summed E-state index contributed by atoms with van der Waals surface area (Å²) in [7, 11) is 1.57. The van der Waals surface area contributed by atoms with Crippen LogP contribution in [0.3, 0.4) is 0 Å². The lowest BCUT2D eigenvalue weighted by atomic mass is 10.2. The molecule has 1 aromatic rings. The minimum Gasteiger partial charge on any atom is -0.340 e. The summed E-state index contributed by atoms with van der Waals surface area (Å²) in [5.41, 5.74) is 5.27. The van der Waals surface area contributed by atoms with Crippen LogP contribution in [0.4, 0.5) is 4.39 Å². The number of rotatable bonds is 3. The average Bonchev–Trinajstić information content (AvgIpc) is 2.21. The third kappa shape index (κ3) is 2.67. The van der Waals surface area contributed by atoms with Gasteiger partial charge in [0.2, 0.25) is 0 Å². The first-order chi connectivity index (χ1) is 7.07. The zero-order valence-corrected chi connectivity index (χ0v) is 9.09. The predicted octanol–water partition coefficient (Wildman–Crippen LogP) is 1.51. The summed E-state index contributed by atoms with van der Waals surface area (Å²) in [6.45, 7) is 0.717. The van der Waals surface area contributed by atoms with Crippen molar-refractivity contribution in [3.63, 3.8) is 0 Å². The van der Waals surface area contributed by atoms with E-state index in [1.54, 1.807) is 7.05 Å². The Kier molecular flexibility index (Phi) is 4.05. The molecular weight excluding hydrogens is 219 g/mol. The van der Waals surface area contributed by atoms with Gasteiger partial charge in [-0.1, -0.05) is 17.7 Å². The van der Waals surface area contributed by atoms with Gasteiger partial charge in [0.25, 0.3) is 5.91 Å². The molecule has 0 saturated carbocycles. The zero-order valence-electron chi connectivity index (χ0n) is 8.34. The van der Waals surface area contributed by atoms with Crippen LogP contribution in [-0.2, 0) is 0 Å². The minimum absolute atomic E-state index is 0.0292. The Morgan fingerprint density at radius 2 is 2.27 bits per heavy atom. The zero-order chi connectivity index (χ0) is 11.4. The molecule has 82 valence electrons. The van der Waals surface area contributed by atoms with Gasteiger partial charge in [0.05, 0.1) is 10.6 Å². The number of hydrogen-bond donors (Lipinski definition) is 1. The highest BCUT2D eigenvalue weighted by molar-refractivity contribution is 6.31. The van der Waals surface area contributed by atoms with Crippen molar-refractivity contribution in [1.82, 2.24) is 4.90 Å². The van der Waals surface area contributed by atoms with Gasteiger partial charge in [-0.05, 0) is 12.1 Å². The van der Waals surface area contributed by atoms with Gasteiger partial charge < -0.3 is 10.6 Å². The Hall–Kier alpha value is -1.13. The molecule has 0 heterocycles. The van der Waals surface area contributed by atoms with Gasteiger partial charge in [-0.3, -0.25) is 4.79 Å². The van der Waals surface area contributed by atoms with Gasteiger partial charge in [-0.2, -0.15) is 0 Å². The van der Waals surface area contributed by atoms with E-state index in [9.17, 15) is 9.18 Å². The third-order valence-corrected chi connectivity index (χ3v) is 2.29. The molecule has 2 N–H and O–H groups in total. The van der Waals surface area contributed by atoms with E-state index in [0.29, 0.717) is 13.1 Å². The highest BCUT2D eigenvalue weighted by Crippen LogP contribution is 2.18. The van der Waals surface area contributed by atoms with Gasteiger partial charge in [-0.15, -0.1) is 0 Å². The molecule has 0 aliphatic carbocycles. The molecule has 0 spiro atoms. The topological polar surface area (TPSA) is 46.3 Å². The number of carbonyl (C=O) groups is 1. The van der Waals surface area contributed by atoms with E-state index < -0.39 is 11.7 Å². The lowest BCUT2D eigenvalue weighted by molar-refractivity contribution is 0.0794. The van der Waals surface area contributed by atoms with Crippen molar-refractivity contribution in [2.24, 2.45) is 5.73 Å². The molecule has 0 aliphatic heterocycles. The smallest absolute Gasteiger partial charge is 0.256 e. The molecule has 15 heavy (non-hydrogen) atoms. The van der Waals surface area contributed by atoms with Crippen LogP contribution >= 0.6 is 11.6 Å². The first kappa shape index (κ1) is 11.9. The molecule has 3 nitrogen and oxygen atoms in total. The molecule has 0 saturated heterocycles. The molecule has 0 unspecified atom stereocenters. The van der Waals surface area contributed by atoms with Crippen LogP contribution < -0.4 is 5.73 Å². The van der Waals surface area contributed by atoms with E-state index >= 15 is 0 Å². The van der Waals surface area contributed by atoms with E-state index in [0.717, 1.165) is 0 Å². The van der Waals surface area contributed by atoms with Crippen molar-refractivity contribution in [3.8, 4) is 0 Å². The maximum absolute atomic E-state index is 13.4. The summed E-state index contributed by atoms with van der Waals surface area (Å²) < 4.78 is 13.4. The summed E-state index contributed by atoms with van der Waals surface area (Å²) in [4.78, 5) is 13.0. The normalized spacial score (nSPS) is 10.1. The first-order valence-electron chi connectivity index (χ1n) is 4.47. The maximum atomic E-state index is 13.4. The quantitative estimate of drug-likeness (QED) is 0.856. The Labute approximate surface area is 92.6 Å². The number of likely N-dealkylation sites (N-methyl/N-ethyl adjacent to an activating group) is 1. The van der Waals surface area contributed by atoms with E-state index in [1.165, 1.54) is 23.1 Å². The second-order valence-corrected chi connectivity index (χ2v) is 3.52. The molecular formula is C10H12ClFN2O. The monoisotopic (exact) mass is 230 g/mol. The molecule has 0 fully saturated rings. The number of nitrogens with zero attached hydrogens (tertiary/aromatic N) is 1. The van der Waals surface area contributed by atoms with Crippen LogP contribution in [0.5, 0.6) is 0 Å². The van der Waals surface area contributed by atoms with Crippen LogP contribution in [0, 0.1) is 5.82 Å². The van der Waals surface area contributed by atoms with Crippen molar-refractivity contribution in [3.05, 3.63) is 34.6 Å². The lowest BCUT2D eigenvalue weighted by Crippen LogP contribution is -2.32. The van der Waals surface area contributed by atoms with Crippen molar-refractivity contribution in [1.29, 1.82) is 0 Å². The highest BCUT2D eigenvalue weighted by atomic mass is 35.5. The van der Waals surface area contributed by atoms with Crippen LogP contribution in [0.2, 0.25) is 5.02 Å². The average molecular weight is 231 g/mol. The van der Waals surface area contributed by atoms with E-state index in [-0.39, 0.29) is 10.6 Å². The number of carbonyl (C=O) groups excluding carboxylic acids is 1. The molecule has 0 aromatic heterocycles. The number of nitrogens with two attached hydrogens (primary N) is 1. The molecule has 1 aromatic carbocycles. The summed E-state index contributed by atoms with van der Waals surface area (Å²) in [6.07, 6.45) is 0. The lowest BCUT2D eigenvalue weighted by Gasteiger charge is -2.16. The SMILES string of the molecule is CN(CCN)C(=O)c1cccc(Cl)c1F. The number of benzene rings is 1. The molecule has 0 radical (unpaired) electrons. The number of hydrogen-bond acceptors (Lipinski definition) is 2. The summed E-state index contributed by atoms with van der Waals surface area (Å²) in [5.74, 6) is -1.10. The fourth-order valence-electron chi connectivity index (χ4n) is 1.17.